The van der Waals surface area contributed by atoms with E-state index in [1.54, 1.807) is 6.21 Å². The van der Waals surface area contributed by atoms with E-state index in [0.29, 0.717) is 16.5 Å². The highest BCUT2D eigenvalue weighted by Gasteiger charge is 2.09. The van der Waals surface area contributed by atoms with Gasteiger partial charge in [0.05, 0.1) is 15.1 Å². The Kier molecular flexibility index (Phi) is 6.71. The predicted molar refractivity (Wildman–Crippen MR) is 93.7 cm³/mol. The average molecular weight is 372 g/mol. The molecule has 0 saturated heterocycles. The number of rotatable bonds is 6. The normalized spacial score (nSPS) is 10.7. The second-order valence-corrected chi connectivity index (χ2v) is 5.74. The van der Waals surface area contributed by atoms with Crippen molar-refractivity contribution in [1.29, 1.82) is 0 Å². The molecule has 120 valence electrons. The van der Waals surface area contributed by atoms with Gasteiger partial charge in [0.2, 0.25) is 0 Å². The fraction of sp³-hybridized carbons (Fsp3) is 0.125. The van der Waals surface area contributed by atoms with Crippen LogP contribution in [-0.2, 0) is 11.2 Å². The van der Waals surface area contributed by atoms with Crippen LogP contribution < -0.4 is 10.2 Å². The van der Waals surface area contributed by atoms with Crippen molar-refractivity contribution in [2.75, 3.05) is 6.61 Å². The lowest BCUT2D eigenvalue weighted by Gasteiger charge is -2.08. The smallest absolute Gasteiger partial charge is 0.277 e. The molecule has 0 saturated carbocycles. The van der Waals surface area contributed by atoms with Gasteiger partial charge in [-0.1, -0.05) is 65.1 Å². The molecular formula is C16H13Cl3N2O2. The van der Waals surface area contributed by atoms with Crippen LogP contribution in [0, 0.1) is 0 Å². The van der Waals surface area contributed by atoms with E-state index >= 15 is 0 Å². The molecule has 7 heteroatoms. The monoisotopic (exact) mass is 370 g/mol. The maximum Gasteiger partial charge on any atom is 0.277 e. The molecule has 0 fully saturated rings. The van der Waals surface area contributed by atoms with E-state index in [4.69, 9.17) is 39.5 Å². The molecule has 0 spiro atoms. The Morgan fingerprint density at radius 1 is 1.09 bits per heavy atom. The van der Waals surface area contributed by atoms with E-state index in [0.717, 1.165) is 5.56 Å². The lowest BCUT2D eigenvalue weighted by molar-refractivity contribution is -0.123. The van der Waals surface area contributed by atoms with Crippen molar-refractivity contribution in [3.63, 3.8) is 0 Å². The van der Waals surface area contributed by atoms with Gasteiger partial charge in [-0.15, -0.1) is 0 Å². The summed E-state index contributed by atoms with van der Waals surface area (Å²) < 4.78 is 5.29. The Labute approximate surface area is 149 Å². The van der Waals surface area contributed by atoms with Crippen molar-refractivity contribution in [3.8, 4) is 5.75 Å². The van der Waals surface area contributed by atoms with Crippen molar-refractivity contribution < 1.29 is 9.53 Å². The number of nitrogens with one attached hydrogen (secondary N) is 1. The van der Waals surface area contributed by atoms with Gasteiger partial charge in [0, 0.05) is 18.7 Å². The molecule has 1 N–H and O–H groups in total. The van der Waals surface area contributed by atoms with E-state index in [1.807, 2.05) is 30.3 Å². The number of carbonyl (C=O) groups excluding carboxylic acids is 1. The van der Waals surface area contributed by atoms with Gasteiger partial charge in [0.1, 0.15) is 5.75 Å². The minimum atomic E-state index is -0.406. The summed E-state index contributed by atoms with van der Waals surface area (Å²) in [4.78, 5) is 11.6. The van der Waals surface area contributed by atoms with Gasteiger partial charge < -0.3 is 4.74 Å². The molecular weight excluding hydrogens is 359 g/mol. The summed E-state index contributed by atoms with van der Waals surface area (Å²) in [5, 5.41) is 4.74. The molecule has 0 aliphatic rings. The molecule has 0 bridgehead atoms. The van der Waals surface area contributed by atoms with Crippen molar-refractivity contribution >= 4 is 46.9 Å². The van der Waals surface area contributed by atoms with Crippen LogP contribution in [-0.4, -0.2) is 18.7 Å². The first kappa shape index (κ1) is 17.6. The molecule has 2 aromatic rings. The van der Waals surface area contributed by atoms with Gasteiger partial charge in [-0.05, 0) is 11.6 Å². The molecule has 0 aliphatic heterocycles. The van der Waals surface area contributed by atoms with Crippen LogP contribution in [0.1, 0.15) is 5.56 Å². The second kappa shape index (κ2) is 8.77. The molecule has 4 nitrogen and oxygen atoms in total. The number of halogens is 3. The molecule has 0 aromatic heterocycles. The van der Waals surface area contributed by atoms with Gasteiger partial charge in [-0.25, -0.2) is 5.43 Å². The summed E-state index contributed by atoms with van der Waals surface area (Å²) in [7, 11) is 0. The SMILES string of the molecule is O=C(COc1cc(Cl)c(Cl)cc1Cl)N/N=C/Cc1ccccc1. The Hall–Kier alpha value is -1.75. The molecule has 1 amide bonds. The quantitative estimate of drug-likeness (QED) is 0.466. The number of ether oxygens (including phenoxy) is 1. The summed E-state index contributed by atoms with van der Waals surface area (Å²) in [6.45, 7) is -0.236. The Morgan fingerprint density at radius 2 is 1.78 bits per heavy atom. The molecule has 0 unspecified atom stereocenters. The van der Waals surface area contributed by atoms with E-state index < -0.39 is 5.91 Å². The van der Waals surface area contributed by atoms with Gasteiger partial charge in [-0.2, -0.15) is 5.10 Å². The van der Waals surface area contributed by atoms with Gasteiger partial charge >= 0.3 is 0 Å². The summed E-state index contributed by atoms with van der Waals surface area (Å²) in [5.41, 5.74) is 3.47. The third-order valence-electron chi connectivity index (χ3n) is 2.78. The molecule has 2 aromatic carbocycles. The largest absolute Gasteiger partial charge is 0.482 e. The fourth-order valence-electron chi connectivity index (χ4n) is 1.67. The minimum Gasteiger partial charge on any atom is -0.482 e. The van der Waals surface area contributed by atoms with Crippen molar-refractivity contribution in [2.24, 2.45) is 5.10 Å². The van der Waals surface area contributed by atoms with Crippen molar-refractivity contribution in [2.45, 2.75) is 6.42 Å². The predicted octanol–water partition coefficient (Wildman–Crippen LogP) is 4.37. The number of nitrogens with zero attached hydrogens (tertiary/aromatic N) is 1. The lowest BCUT2D eigenvalue weighted by Crippen LogP contribution is -2.24. The fourth-order valence-corrected chi connectivity index (χ4v) is 2.26. The molecule has 0 radical (unpaired) electrons. The van der Waals surface area contributed by atoms with E-state index in [1.165, 1.54) is 12.1 Å². The molecule has 23 heavy (non-hydrogen) atoms. The van der Waals surface area contributed by atoms with E-state index in [2.05, 4.69) is 10.5 Å². The van der Waals surface area contributed by atoms with Crippen molar-refractivity contribution in [1.82, 2.24) is 5.43 Å². The highest BCUT2D eigenvalue weighted by molar-refractivity contribution is 6.43. The summed E-state index contributed by atoms with van der Waals surface area (Å²) in [5.74, 6) is -0.124. The van der Waals surface area contributed by atoms with Crippen LogP contribution in [0.3, 0.4) is 0 Å². The van der Waals surface area contributed by atoms with Crippen LogP contribution in [0.5, 0.6) is 5.75 Å². The first-order valence-corrected chi connectivity index (χ1v) is 7.81. The number of hydrogen-bond donors (Lipinski definition) is 1. The van der Waals surface area contributed by atoms with Crippen LogP contribution >= 0.6 is 34.8 Å². The summed E-state index contributed by atoms with van der Waals surface area (Å²) in [6, 6.07) is 12.7. The zero-order valence-electron chi connectivity index (χ0n) is 11.9. The van der Waals surface area contributed by atoms with Gasteiger partial charge in [-0.3, -0.25) is 4.79 Å². The number of amides is 1. The highest BCUT2D eigenvalue weighted by Crippen LogP contribution is 2.33. The van der Waals surface area contributed by atoms with E-state index in [9.17, 15) is 4.79 Å². The number of hydrogen-bond acceptors (Lipinski definition) is 3. The third-order valence-corrected chi connectivity index (χ3v) is 3.80. The third kappa shape index (κ3) is 5.75. The van der Waals surface area contributed by atoms with Crippen LogP contribution in [0.2, 0.25) is 15.1 Å². The topological polar surface area (TPSA) is 50.7 Å². The Bertz CT molecular complexity index is 706. The standard InChI is InChI=1S/C16H13Cl3N2O2/c17-12-8-14(19)15(9-13(12)18)23-10-16(22)21-20-7-6-11-4-2-1-3-5-11/h1-5,7-9H,6,10H2,(H,21,22)/b20-7+. The first-order chi connectivity index (χ1) is 11.1. The average Bonchev–Trinajstić information content (AvgIpc) is 2.55. The maximum atomic E-state index is 11.6. The zero-order valence-corrected chi connectivity index (χ0v) is 14.2. The Morgan fingerprint density at radius 3 is 2.52 bits per heavy atom. The zero-order chi connectivity index (χ0) is 16.7. The Balaban J connectivity index is 1.78. The summed E-state index contributed by atoms with van der Waals surface area (Å²) >= 11 is 17.6. The molecule has 0 heterocycles. The molecule has 2 rings (SSSR count). The molecule has 0 aliphatic carbocycles. The van der Waals surface area contributed by atoms with Crippen LogP contribution in [0.25, 0.3) is 0 Å². The molecule has 0 atom stereocenters. The highest BCUT2D eigenvalue weighted by atomic mass is 35.5. The van der Waals surface area contributed by atoms with Crippen LogP contribution in [0.4, 0.5) is 0 Å². The first-order valence-electron chi connectivity index (χ1n) is 6.68. The van der Waals surface area contributed by atoms with E-state index in [-0.39, 0.29) is 17.4 Å². The number of benzene rings is 2. The van der Waals surface area contributed by atoms with Gasteiger partial charge in [0.25, 0.3) is 5.91 Å². The number of carbonyl (C=O) groups is 1. The maximum absolute atomic E-state index is 11.6. The van der Waals surface area contributed by atoms with Crippen LogP contribution in [0.15, 0.2) is 47.6 Å². The minimum absolute atomic E-state index is 0.236. The number of hydrazone groups is 1. The lowest BCUT2D eigenvalue weighted by atomic mass is 10.2. The second-order valence-electron chi connectivity index (χ2n) is 4.52. The van der Waals surface area contributed by atoms with Gasteiger partial charge in [0.15, 0.2) is 6.61 Å². The van der Waals surface area contributed by atoms with Crippen molar-refractivity contribution in [3.05, 3.63) is 63.1 Å². The summed E-state index contributed by atoms with van der Waals surface area (Å²) in [6.07, 6.45) is 2.24.